The molecule has 2 unspecified atom stereocenters. The zero-order valence-electron chi connectivity index (χ0n) is 22.6. The molecule has 0 N–H and O–H groups in total. The first kappa shape index (κ1) is 29.0. The molecule has 1 aliphatic rings. The van der Waals surface area contributed by atoms with E-state index in [-0.39, 0.29) is 22.7 Å². The summed E-state index contributed by atoms with van der Waals surface area (Å²) in [6.45, 7) is 0.0492. The second-order valence-electron chi connectivity index (χ2n) is 9.62. The van der Waals surface area contributed by atoms with Gasteiger partial charge in [-0.2, -0.15) is 28.5 Å². The summed E-state index contributed by atoms with van der Waals surface area (Å²) in [4.78, 5) is 9.06. The van der Waals surface area contributed by atoms with Crippen LogP contribution in [0.1, 0.15) is 29.0 Å². The molecule has 5 aromatic rings. The van der Waals surface area contributed by atoms with Crippen LogP contribution in [0.5, 0.6) is 0 Å². The number of aromatic nitrogens is 6. The highest BCUT2D eigenvalue weighted by Crippen LogP contribution is 2.37. The molecule has 224 valence electrons. The third kappa shape index (κ3) is 5.65. The molecule has 0 saturated heterocycles. The van der Waals surface area contributed by atoms with Crippen LogP contribution in [0.3, 0.4) is 0 Å². The van der Waals surface area contributed by atoms with Crippen molar-refractivity contribution in [2.75, 3.05) is 7.11 Å². The van der Waals surface area contributed by atoms with Gasteiger partial charge < -0.3 is 0 Å². The first-order chi connectivity index (χ1) is 21.1. The van der Waals surface area contributed by atoms with E-state index in [1.165, 1.54) is 58.1 Å². The van der Waals surface area contributed by atoms with Gasteiger partial charge in [0.05, 0.1) is 41.9 Å². The molecule has 0 spiro atoms. The summed E-state index contributed by atoms with van der Waals surface area (Å²) in [5.41, 5.74) is 1.08. The predicted molar refractivity (Wildman–Crippen MR) is 146 cm³/mol. The van der Waals surface area contributed by atoms with Crippen LogP contribution in [0.2, 0.25) is 5.02 Å². The van der Waals surface area contributed by atoms with Gasteiger partial charge in [0.25, 0.3) is 5.69 Å². The number of rotatable bonds is 8. The van der Waals surface area contributed by atoms with E-state index < -0.39 is 35.6 Å². The molecule has 0 fully saturated rings. The molecule has 0 amide bonds. The average molecular weight is 629 g/mol. The lowest BCUT2D eigenvalue weighted by Gasteiger charge is -2.17. The van der Waals surface area contributed by atoms with Crippen molar-refractivity contribution in [3.05, 3.63) is 107 Å². The first-order valence-electron chi connectivity index (χ1n) is 12.9. The normalized spacial score (nSPS) is 15.2. The molecule has 4 aromatic heterocycles. The second-order valence-corrected chi connectivity index (χ2v) is 10.0. The van der Waals surface area contributed by atoms with Crippen molar-refractivity contribution < 1.29 is 31.5 Å². The molecule has 0 radical (unpaired) electrons. The summed E-state index contributed by atoms with van der Waals surface area (Å²) in [5, 5.41) is 19.7. The minimum absolute atomic E-state index is 0.0492. The van der Waals surface area contributed by atoms with Crippen molar-refractivity contribution in [1.29, 1.82) is 0 Å². The average Bonchev–Trinajstić information content (AvgIpc) is 3.80. The van der Waals surface area contributed by atoms with Gasteiger partial charge in [-0.15, -0.1) is 5.10 Å². The lowest BCUT2D eigenvalue weighted by molar-refractivity contribution is -0.891. The van der Waals surface area contributed by atoms with Crippen LogP contribution in [0.15, 0.2) is 89.0 Å². The quantitative estimate of drug-likeness (QED) is 0.158. The van der Waals surface area contributed by atoms with Gasteiger partial charge in [-0.25, -0.2) is 8.78 Å². The maximum atomic E-state index is 15.5. The van der Waals surface area contributed by atoms with Gasteiger partial charge in [0.1, 0.15) is 24.7 Å². The fourth-order valence-electron chi connectivity index (χ4n) is 4.86. The molecule has 44 heavy (non-hydrogen) atoms. The van der Waals surface area contributed by atoms with Crippen molar-refractivity contribution in [3.8, 4) is 22.3 Å². The third-order valence-corrected chi connectivity index (χ3v) is 7.21. The van der Waals surface area contributed by atoms with E-state index in [9.17, 15) is 17.6 Å². The minimum atomic E-state index is -4.62. The number of hydrogen-bond donors (Lipinski definition) is 0. The lowest BCUT2D eigenvalue weighted by atomic mass is 9.95. The van der Waals surface area contributed by atoms with E-state index in [0.29, 0.717) is 22.4 Å². The topological polar surface area (TPSA) is 98.7 Å². The van der Waals surface area contributed by atoms with Crippen LogP contribution in [0.25, 0.3) is 22.3 Å². The molecule has 0 aliphatic carbocycles. The molecule has 0 bridgehead atoms. The zero-order valence-corrected chi connectivity index (χ0v) is 23.3. The number of benzene rings is 1. The number of halogens is 6. The number of pyridine rings is 2. The van der Waals surface area contributed by atoms with Crippen LogP contribution in [-0.4, -0.2) is 37.9 Å². The van der Waals surface area contributed by atoms with E-state index in [1.807, 2.05) is 0 Å². The number of alkyl halides is 3. The van der Waals surface area contributed by atoms with Crippen LogP contribution >= 0.6 is 11.6 Å². The Labute approximate surface area is 250 Å². The van der Waals surface area contributed by atoms with Crippen LogP contribution < -0.4 is 9.57 Å². The van der Waals surface area contributed by atoms with Crippen molar-refractivity contribution in [2.45, 2.75) is 24.8 Å². The fourth-order valence-corrected chi connectivity index (χ4v) is 5.02. The van der Waals surface area contributed by atoms with Gasteiger partial charge in [-0.1, -0.05) is 17.7 Å². The summed E-state index contributed by atoms with van der Waals surface area (Å²) in [6, 6.07) is 7.38. The van der Waals surface area contributed by atoms with Crippen molar-refractivity contribution in [2.24, 2.45) is 15.4 Å². The summed E-state index contributed by atoms with van der Waals surface area (Å²) in [6.07, 6.45) is 4.64. The van der Waals surface area contributed by atoms with Gasteiger partial charge >= 0.3 is 6.18 Å². The SMILES string of the molecule is CO[n+]1cc(-c2c(C3C=NN=N3)ccc(Cl)c2F)ccc1C(Cn1cc(F)cn1)n1cc(-c2ccnc(C(F)(F)F)c2)cn1. The van der Waals surface area contributed by atoms with Crippen molar-refractivity contribution in [3.63, 3.8) is 0 Å². The Hall–Kier alpha value is -5.05. The van der Waals surface area contributed by atoms with Crippen molar-refractivity contribution in [1.82, 2.24) is 24.5 Å². The van der Waals surface area contributed by atoms with Gasteiger partial charge in [0, 0.05) is 34.3 Å². The smallest absolute Gasteiger partial charge is 0.274 e. The van der Waals surface area contributed by atoms with E-state index in [0.717, 1.165) is 18.5 Å². The molecule has 16 heteroatoms. The Morgan fingerprint density at radius 3 is 2.57 bits per heavy atom. The molecule has 2 atom stereocenters. The molecule has 1 aromatic carbocycles. The Kier molecular flexibility index (Phi) is 7.63. The summed E-state index contributed by atoms with van der Waals surface area (Å²) >= 11 is 6.14. The maximum Gasteiger partial charge on any atom is 0.433 e. The summed E-state index contributed by atoms with van der Waals surface area (Å²) < 4.78 is 73.4. The van der Waals surface area contributed by atoms with Crippen LogP contribution in [-0.2, 0) is 12.7 Å². The van der Waals surface area contributed by atoms with E-state index in [1.54, 1.807) is 24.4 Å². The molecular weight excluding hydrogens is 609 g/mol. The summed E-state index contributed by atoms with van der Waals surface area (Å²) in [7, 11) is 1.40. The Bertz CT molecular complexity index is 1890. The highest BCUT2D eigenvalue weighted by Gasteiger charge is 2.33. The van der Waals surface area contributed by atoms with Crippen LogP contribution in [0, 0.1) is 11.6 Å². The largest absolute Gasteiger partial charge is 0.433 e. The van der Waals surface area contributed by atoms with E-state index >= 15 is 4.39 Å². The van der Waals surface area contributed by atoms with Gasteiger partial charge in [-0.05, 0) is 40.6 Å². The third-order valence-electron chi connectivity index (χ3n) is 6.92. The molecule has 1 aliphatic heterocycles. The molecular formula is C28H20ClF5N9O+. The lowest BCUT2D eigenvalue weighted by Crippen LogP contribution is -2.47. The van der Waals surface area contributed by atoms with Gasteiger partial charge in [0.2, 0.25) is 6.20 Å². The summed E-state index contributed by atoms with van der Waals surface area (Å²) in [5.74, 6) is -1.24. The Morgan fingerprint density at radius 2 is 1.86 bits per heavy atom. The van der Waals surface area contributed by atoms with Gasteiger partial charge in [0.15, 0.2) is 11.9 Å². The highest BCUT2D eigenvalue weighted by atomic mass is 35.5. The maximum absolute atomic E-state index is 15.5. The number of hydrogen-bond acceptors (Lipinski definition) is 7. The fraction of sp³-hybridized carbons (Fsp3) is 0.179. The standard InChI is InChI=1S/C28H20ClF5N9O/c1-44-43-13-17(26-20(22-11-36-40-39-22)3-4-21(29)27(26)31)2-5-23(43)24(15-41-14-19(30)10-37-41)42-12-18(9-38-42)16-6-7-35-25(8-16)28(32,33)34/h2-14,22,24H,15H2,1H3/q+1. The molecule has 10 nitrogen and oxygen atoms in total. The zero-order chi connectivity index (χ0) is 31.0. The molecule has 0 saturated carbocycles. The van der Waals surface area contributed by atoms with Gasteiger partial charge in [-0.3, -0.25) is 19.2 Å². The second kappa shape index (κ2) is 11.6. The van der Waals surface area contributed by atoms with E-state index in [4.69, 9.17) is 16.4 Å². The Balaban J connectivity index is 1.44. The highest BCUT2D eigenvalue weighted by molar-refractivity contribution is 6.31. The van der Waals surface area contributed by atoms with Crippen molar-refractivity contribution >= 4 is 17.8 Å². The number of nitrogens with zero attached hydrogens (tertiary/aromatic N) is 9. The molecule has 5 heterocycles. The van der Waals surface area contributed by atoms with E-state index in [2.05, 4.69) is 30.6 Å². The first-order valence-corrected chi connectivity index (χ1v) is 13.3. The Morgan fingerprint density at radius 1 is 1.02 bits per heavy atom. The minimum Gasteiger partial charge on any atom is -0.274 e. The molecule has 6 rings (SSSR count). The predicted octanol–water partition coefficient (Wildman–Crippen LogP) is 5.89. The van der Waals surface area contributed by atoms with Crippen LogP contribution in [0.4, 0.5) is 22.0 Å². The monoisotopic (exact) mass is 628 g/mol.